The van der Waals surface area contributed by atoms with E-state index in [-0.39, 0.29) is 22.0 Å². The molecule has 0 saturated carbocycles. The lowest BCUT2D eigenvalue weighted by atomic mass is 10.1. The van der Waals surface area contributed by atoms with Gasteiger partial charge in [-0.3, -0.25) is 9.59 Å². The molecule has 2 aromatic rings. The van der Waals surface area contributed by atoms with Crippen LogP contribution in [0.5, 0.6) is 0 Å². The van der Waals surface area contributed by atoms with Crippen molar-refractivity contribution in [2.75, 3.05) is 15.4 Å². The molecule has 142 valence electrons. The molecule has 1 heterocycles. The minimum Gasteiger partial charge on any atom is -0.322 e. The van der Waals surface area contributed by atoms with Crippen molar-refractivity contribution in [2.45, 2.75) is 20.3 Å². The van der Waals surface area contributed by atoms with Crippen molar-refractivity contribution in [3.05, 3.63) is 58.6 Å². The summed E-state index contributed by atoms with van der Waals surface area (Å²) in [5, 5.41) is 2.84. The lowest BCUT2D eigenvalue weighted by Gasteiger charge is -2.17. The Kier molecular flexibility index (Phi) is 5.26. The zero-order chi connectivity index (χ0) is 19.8. The zero-order valence-corrected chi connectivity index (χ0v) is 16.5. The Morgan fingerprint density at radius 1 is 1.22 bits per heavy atom. The molecular formula is C19H19ClN2O4S. The van der Waals surface area contributed by atoms with Crippen molar-refractivity contribution < 1.29 is 18.0 Å². The van der Waals surface area contributed by atoms with Crippen molar-refractivity contribution >= 4 is 44.8 Å². The number of carbonyl (C=O) groups is 2. The second-order valence-electron chi connectivity index (χ2n) is 6.45. The molecule has 1 N–H and O–H groups in total. The van der Waals surface area contributed by atoms with Crippen LogP contribution in [-0.2, 0) is 21.2 Å². The minimum atomic E-state index is -3.80. The summed E-state index contributed by atoms with van der Waals surface area (Å²) in [6, 6.07) is 11.6. The first-order chi connectivity index (χ1) is 12.7. The van der Waals surface area contributed by atoms with Gasteiger partial charge in [0, 0.05) is 11.3 Å². The second-order valence-corrected chi connectivity index (χ2v) is 8.72. The van der Waals surface area contributed by atoms with E-state index in [2.05, 4.69) is 5.32 Å². The summed E-state index contributed by atoms with van der Waals surface area (Å²) >= 11 is 6.12. The number of benzene rings is 2. The summed E-state index contributed by atoms with van der Waals surface area (Å²) in [5.74, 6) is -1.90. The van der Waals surface area contributed by atoms with E-state index in [0.29, 0.717) is 9.99 Å². The molecule has 1 fully saturated rings. The highest BCUT2D eigenvalue weighted by Crippen LogP contribution is 2.34. The van der Waals surface area contributed by atoms with Crippen LogP contribution in [0.2, 0.25) is 5.02 Å². The predicted octanol–water partition coefficient (Wildman–Crippen LogP) is 3.47. The molecule has 0 aliphatic carbocycles. The standard InChI is InChI=1S/C19H19ClN2O4S/c1-3-13-4-7-15(8-5-13)21-18(23)14-6-9-16(20)17(10-14)22-19(24)12(2)11-27(22,25)26/h4-10,12H,3,11H2,1-2H3,(H,21,23). The lowest BCUT2D eigenvalue weighted by Crippen LogP contribution is -2.30. The normalized spacial score (nSPS) is 18.6. The highest BCUT2D eigenvalue weighted by atomic mass is 35.5. The van der Waals surface area contributed by atoms with Crippen molar-refractivity contribution in [1.82, 2.24) is 0 Å². The summed E-state index contributed by atoms with van der Waals surface area (Å²) in [6.45, 7) is 3.59. The van der Waals surface area contributed by atoms with E-state index in [9.17, 15) is 18.0 Å². The number of nitrogens with zero attached hydrogens (tertiary/aromatic N) is 1. The number of amides is 2. The third-order valence-electron chi connectivity index (χ3n) is 4.41. The van der Waals surface area contributed by atoms with Gasteiger partial charge in [-0.15, -0.1) is 0 Å². The molecule has 1 saturated heterocycles. The van der Waals surface area contributed by atoms with E-state index in [1.54, 1.807) is 19.1 Å². The van der Waals surface area contributed by atoms with Crippen LogP contribution >= 0.6 is 11.6 Å². The van der Waals surface area contributed by atoms with Crippen molar-refractivity contribution in [2.24, 2.45) is 5.92 Å². The fourth-order valence-electron chi connectivity index (χ4n) is 2.90. The number of nitrogens with one attached hydrogen (secondary N) is 1. The molecule has 3 rings (SSSR count). The van der Waals surface area contributed by atoms with Crippen molar-refractivity contribution in [1.29, 1.82) is 0 Å². The highest BCUT2D eigenvalue weighted by Gasteiger charge is 2.43. The van der Waals surface area contributed by atoms with E-state index in [1.807, 2.05) is 19.1 Å². The molecule has 2 aromatic carbocycles. The number of aryl methyl sites for hydroxylation is 1. The fourth-order valence-corrected chi connectivity index (χ4v) is 4.98. The van der Waals surface area contributed by atoms with E-state index < -0.39 is 27.8 Å². The van der Waals surface area contributed by atoms with Crippen LogP contribution in [0.15, 0.2) is 42.5 Å². The van der Waals surface area contributed by atoms with E-state index in [4.69, 9.17) is 11.6 Å². The van der Waals surface area contributed by atoms with Crippen molar-refractivity contribution in [3.63, 3.8) is 0 Å². The molecule has 1 aliphatic heterocycles. The maximum absolute atomic E-state index is 12.5. The van der Waals surface area contributed by atoms with Gasteiger partial charge in [0.2, 0.25) is 15.9 Å². The van der Waals surface area contributed by atoms with E-state index in [1.165, 1.54) is 18.2 Å². The number of hydrogen-bond donors (Lipinski definition) is 1. The predicted molar refractivity (Wildman–Crippen MR) is 106 cm³/mol. The first-order valence-corrected chi connectivity index (χ1v) is 10.5. The Morgan fingerprint density at radius 3 is 2.44 bits per heavy atom. The second kappa shape index (κ2) is 7.32. The summed E-state index contributed by atoms with van der Waals surface area (Å²) < 4.78 is 25.3. The molecule has 0 aromatic heterocycles. The number of sulfonamides is 1. The quantitative estimate of drug-likeness (QED) is 0.842. The molecule has 0 bridgehead atoms. The molecule has 1 aliphatic rings. The van der Waals surface area contributed by atoms with Gasteiger partial charge in [0.25, 0.3) is 5.91 Å². The van der Waals surface area contributed by atoms with Gasteiger partial charge in [-0.25, -0.2) is 12.7 Å². The van der Waals surface area contributed by atoms with Gasteiger partial charge in [-0.1, -0.05) is 37.6 Å². The van der Waals surface area contributed by atoms with Crippen LogP contribution in [0.1, 0.15) is 29.8 Å². The van der Waals surface area contributed by atoms with Crippen LogP contribution in [0, 0.1) is 5.92 Å². The third-order valence-corrected chi connectivity index (χ3v) is 6.58. The number of rotatable bonds is 4. The largest absolute Gasteiger partial charge is 0.322 e. The van der Waals surface area contributed by atoms with Crippen LogP contribution in [0.25, 0.3) is 0 Å². The molecule has 27 heavy (non-hydrogen) atoms. The first kappa shape index (κ1) is 19.4. The number of carbonyl (C=O) groups excluding carboxylic acids is 2. The van der Waals surface area contributed by atoms with Gasteiger partial charge in [0.1, 0.15) is 0 Å². The number of anilines is 2. The molecule has 0 spiro atoms. The van der Waals surface area contributed by atoms with Crippen LogP contribution in [-0.4, -0.2) is 26.0 Å². The molecule has 1 unspecified atom stereocenters. The molecular weight excluding hydrogens is 388 g/mol. The minimum absolute atomic E-state index is 0.00000224. The Labute approximate surface area is 163 Å². The lowest BCUT2D eigenvalue weighted by molar-refractivity contribution is -0.119. The first-order valence-electron chi connectivity index (χ1n) is 8.49. The summed E-state index contributed by atoms with van der Waals surface area (Å²) in [4.78, 5) is 24.8. The summed E-state index contributed by atoms with van der Waals surface area (Å²) in [6.07, 6.45) is 0.894. The Bertz CT molecular complexity index is 1000. The van der Waals surface area contributed by atoms with Gasteiger partial charge in [-0.2, -0.15) is 0 Å². The zero-order valence-electron chi connectivity index (χ0n) is 14.9. The third kappa shape index (κ3) is 3.84. The summed E-state index contributed by atoms with van der Waals surface area (Å²) in [5.41, 5.74) is 1.97. The topological polar surface area (TPSA) is 83.6 Å². The van der Waals surface area contributed by atoms with E-state index >= 15 is 0 Å². The maximum Gasteiger partial charge on any atom is 0.255 e. The van der Waals surface area contributed by atoms with Crippen LogP contribution in [0.3, 0.4) is 0 Å². The smallest absolute Gasteiger partial charge is 0.255 e. The molecule has 2 amide bonds. The average molecular weight is 407 g/mol. The van der Waals surface area contributed by atoms with Gasteiger partial charge < -0.3 is 5.32 Å². The Morgan fingerprint density at radius 2 is 1.89 bits per heavy atom. The molecule has 0 radical (unpaired) electrons. The van der Waals surface area contributed by atoms with Crippen LogP contribution < -0.4 is 9.62 Å². The Balaban J connectivity index is 1.90. The Hall–Kier alpha value is -2.38. The van der Waals surface area contributed by atoms with Gasteiger partial charge in [0.05, 0.1) is 22.4 Å². The average Bonchev–Trinajstić information content (AvgIpc) is 2.83. The number of hydrogen-bond acceptors (Lipinski definition) is 4. The van der Waals surface area contributed by atoms with Gasteiger partial charge >= 0.3 is 0 Å². The fraction of sp³-hybridized carbons (Fsp3) is 0.263. The van der Waals surface area contributed by atoms with Crippen molar-refractivity contribution in [3.8, 4) is 0 Å². The van der Waals surface area contributed by atoms with E-state index in [0.717, 1.165) is 12.0 Å². The summed E-state index contributed by atoms with van der Waals surface area (Å²) in [7, 11) is -3.80. The maximum atomic E-state index is 12.5. The molecule has 8 heteroatoms. The number of halogens is 1. The van der Waals surface area contributed by atoms with Gasteiger partial charge in [-0.05, 0) is 42.3 Å². The monoisotopic (exact) mass is 406 g/mol. The SMILES string of the molecule is CCc1ccc(NC(=O)c2ccc(Cl)c(N3C(=O)C(C)CS3(=O)=O)c2)cc1. The highest BCUT2D eigenvalue weighted by molar-refractivity contribution is 7.94. The molecule has 1 atom stereocenters. The van der Waals surface area contributed by atoms with Gasteiger partial charge in [0.15, 0.2) is 0 Å². The van der Waals surface area contributed by atoms with Crippen LogP contribution in [0.4, 0.5) is 11.4 Å². The molecule has 6 nitrogen and oxygen atoms in total.